The summed E-state index contributed by atoms with van der Waals surface area (Å²) in [5, 5.41) is 3.58. The molecule has 150 valence electrons. The fourth-order valence-corrected chi connectivity index (χ4v) is 3.71. The first kappa shape index (κ1) is 19.1. The first-order valence-electron chi connectivity index (χ1n) is 8.98. The third kappa shape index (κ3) is 3.38. The lowest BCUT2D eigenvalue weighted by Gasteiger charge is -2.25. The maximum Gasteiger partial charge on any atom is 0.226 e. The number of fused-ring (bicyclic) bond motifs is 1. The Balaban J connectivity index is 1.84. The van der Waals surface area contributed by atoms with Crippen LogP contribution >= 0.6 is 11.6 Å². The van der Waals surface area contributed by atoms with Gasteiger partial charge < -0.3 is 19.5 Å². The second-order valence-electron chi connectivity index (χ2n) is 6.58. The average Bonchev–Trinajstić information content (AvgIpc) is 3.16. The maximum atomic E-state index is 12.6. The normalized spacial score (nSPS) is 15.4. The Kier molecular flexibility index (Phi) is 5.07. The molecule has 2 aromatic carbocycles. The highest BCUT2D eigenvalue weighted by Gasteiger charge is 2.33. The van der Waals surface area contributed by atoms with Crippen LogP contribution in [0.1, 0.15) is 23.6 Å². The van der Waals surface area contributed by atoms with Crippen LogP contribution in [-0.2, 0) is 4.79 Å². The highest BCUT2D eigenvalue weighted by molar-refractivity contribution is 6.30. The SMILES string of the molecule is COc1cc(OC)c([C@@H]2CC(=O)Nc3c2ncn3-c2ccc(Cl)cc2)cc1OC. The number of imidazole rings is 1. The summed E-state index contributed by atoms with van der Waals surface area (Å²) in [6, 6.07) is 10.9. The Bertz CT molecular complexity index is 1060. The average molecular weight is 414 g/mol. The van der Waals surface area contributed by atoms with Crippen molar-refractivity contribution < 1.29 is 19.0 Å². The van der Waals surface area contributed by atoms with E-state index in [0.717, 1.165) is 16.9 Å². The number of ether oxygens (including phenoxy) is 3. The molecule has 29 heavy (non-hydrogen) atoms. The summed E-state index contributed by atoms with van der Waals surface area (Å²) >= 11 is 6.00. The molecule has 1 N–H and O–H groups in total. The van der Waals surface area contributed by atoms with Gasteiger partial charge in [-0.05, 0) is 30.3 Å². The second-order valence-corrected chi connectivity index (χ2v) is 7.02. The lowest BCUT2D eigenvalue weighted by Crippen LogP contribution is -2.25. The minimum absolute atomic E-state index is 0.102. The molecule has 2 heterocycles. The predicted molar refractivity (Wildman–Crippen MR) is 110 cm³/mol. The van der Waals surface area contributed by atoms with Crippen LogP contribution < -0.4 is 19.5 Å². The molecule has 0 radical (unpaired) electrons. The van der Waals surface area contributed by atoms with Crippen LogP contribution in [0.25, 0.3) is 5.69 Å². The summed E-state index contributed by atoms with van der Waals surface area (Å²) in [4.78, 5) is 17.2. The number of halogens is 1. The van der Waals surface area contributed by atoms with E-state index in [0.29, 0.717) is 28.1 Å². The molecule has 0 saturated carbocycles. The zero-order chi connectivity index (χ0) is 20.5. The van der Waals surface area contributed by atoms with E-state index >= 15 is 0 Å². The van der Waals surface area contributed by atoms with Crippen molar-refractivity contribution in [2.75, 3.05) is 26.6 Å². The quantitative estimate of drug-likeness (QED) is 0.683. The monoisotopic (exact) mass is 413 g/mol. The second kappa shape index (κ2) is 7.67. The number of benzene rings is 2. The first-order chi connectivity index (χ1) is 14.0. The molecular weight excluding hydrogens is 394 g/mol. The van der Waals surface area contributed by atoms with E-state index in [1.54, 1.807) is 45.9 Å². The van der Waals surface area contributed by atoms with Gasteiger partial charge in [-0.2, -0.15) is 0 Å². The molecule has 3 aromatic rings. The number of amides is 1. The van der Waals surface area contributed by atoms with Gasteiger partial charge in [-0.1, -0.05) is 11.6 Å². The number of carbonyl (C=O) groups is 1. The molecule has 0 fully saturated rings. The Hall–Kier alpha value is -3.19. The Morgan fingerprint density at radius 2 is 1.69 bits per heavy atom. The van der Waals surface area contributed by atoms with Crippen LogP contribution in [0.15, 0.2) is 42.7 Å². The van der Waals surface area contributed by atoms with Crippen LogP contribution in [0.5, 0.6) is 17.2 Å². The summed E-state index contributed by atoms with van der Waals surface area (Å²) in [5.74, 6) is 1.96. The van der Waals surface area contributed by atoms with E-state index in [9.17, 15) is 4.79 Å². The zero-order valence-corrected chi connectivity index (χ0v) is 17.0. The van der Waals surface area contributed by atoms with Gasteiger partial charge in [0.05, 0.1) is 27.0 Å². The van der Waals surface area contributed by atoms with Crippen molar-refractivity contribution in [1.29, 1.82) is 0 Å². The largest absolute Gasteiger partial charge is 0.496 e. The predicted octanol–water partition coefficient (Wildman–Crippen LogP) is 4.03. The van der Waals surface area contributed by atoms with Crippen molar-refractivity contribution >= 4 is 23.3 Å². The minimum atomic E-state index is -0.290. The van der Waals surface area contributed by atoms with Gasteiger partial charge in [-0.3, -0.25) is 9.36 Å². The lowest BCUT2D eigenvalue weighted by atomic mass is 9.88. The molecule has 7 nitrogen and oxygen atoms in total. The molecule has 4 rings (SSSR count). The number of carbonyl (C=O) groups excluding carboxylic acids is 1. The summed E-state index contributed by atoms with van der Waals surface area (Å²) in [7, 11) is 4.72. The molecular formula is C21H20ClN3O4. The molecule has 1 aliphatic heterocycles. The van der Waals surface area contributed by atoms with E-state index in [4.69, 9.17) is 25.8 Å². The third-order valence-corrected chi connectivity index (χ3v) is 5.24. The van der Waals surface area contributed by atoms with E-state index in [1.807, 2.05) is 22.8 Å². The highest BCUT2D eigenvalue weighted by atomic mass is 35.5. The van der Waals surface area contributed by atoms with Gasteiger partial charge in [0.25, 0.3) is 0 Å². The number of nitrogens with zero attached hydrogens (tertiary/aromatic N) is 2. The number of anilines is 1. The van der Waals surface area contributed by atoms with Crippen LogP contribution in [0.3, 0.4) is 0 Å². The number of methoxy groups -OCH3 is 3. The van der Waals surface area contributed by atoms with Crippen molar-refractivity contribution in [3.8, 4) is 22.9 Å². The topological polar surface area (TPSA) is 74.6 Å². The van der Waals surface area contributed by atoms with Gasteiger partial charge in [-0.15, -0.1) is 0 Å². The maximum absolute atomic E-state index is 12.6. The molecule has 0 spiro atoms. The summed E-state index contributed by atoms with van der Waals surface area (Å²) in [5.41, 5.74) is 2.41. The Labute approximate surface area is 173 Å². The van der Waals surface area contributed by atoms with Gasteiger partial charge >= 0.3 is 0 Å². The fraction of sp³-hybridized carbons (Fsp3) is 0.238. The zero-order valence-electron chi connectivity index (χ0n) is 16.2. The van der Waals surface area contributed by atoms with Crippen molar-refractivity contribution in [3.63, 3.8) is 0 Å². The molecule has 1 atom stereocenters. The molecule has 1 amide bonds. The van der Waals surface area contributed by atoms with Gasteiger partial charge in [0.15, 0.2) is 11.5 Å². The first-order valence-corrected chi connectivity index (χ1v) is 9.36. The third-order valence-electron chi connectivity index (χ3n) is 4.99. The Morgan fingerprint density at radius 3 is 2.34 bits per heavy atom. The van der Waals surface area contributed by atoms with Gasteiger partial charge in [0.2, 0.25) is 5.91 Å². The number of nitrogens with one attached hydrogen (secondary N) is 1. The molecule has 0 aliphatic carbocycles. The standard InChI is InChI=1S/C21H20ClN3O4/c1-27-16-10-18(29-3)17(28-2)8-14(16)15-9-19(26)24-21-20(15)23-11-25(21)13-6-4-12(22)5-7-13/h4-8,10-11,15H,9H2,1-3H3,(H,24,26)/t15-/m0/s1. The summed E-state index contributed by atoms with van der Waals surface area (Å²) in [6.07, 6.45) is 1.94. The van der Waals surface area contributed by atoms with Crippen molar-refractivity contribution in [3.05, 3.63) is 59.0 Å². The van der Waals surface area contributed by atoms with Gasteiger partial charge in [-0.25, -0.2) is 4.98 Å². The molecule has 1 aromatic heterocycles. The number of aromatic nitrogens is 2. The van der Waals surface area contributed by atoms with Crippen LogP contribution in [0.2, 0.25) is 5.02 Å². The van der Waals surface area contributed by atoms with Crippen molar-refractivity contribution in [2.45, 2.75) is 12.3 Å². The number of hydrogen-bond donors (Lipinski definition) is 1. The van der Waals surface area contributed by atoms with E-state index in [-0.39, 0.29) is 18.2 Å². The van der Waals surface area contributed by atoms with Crippen molar-refractivity contribution in [2.24, 2.45) is 0 Å². The molecule has 8 heteroatoms. The van der Waals surface area contributed by atoms with Crippen LogP contribution in [0, 0.1) is 0 Å². The van der Waals surface area contributed by atoms with Gasteiger partial charge in [0.1, 0.15) is 17.9 Å². The number of rotatable bonds is 5. The fourth-order valence-electron chi connectivity index (χ4n) is 3.59. The van der Waals surface area contributed by atoms with Crippen molar-refractivity contribution in [1.82, 2.24) is 9.55 Å². The minimum Gasteiger partial charge on any atom is -0.496 e. The van der Waals surface area contributed by atoms with E-state index in [2.05, 4.69) is 10.3 Å². The summed E-state index contributed by atoms with van der Waals surface area (Å²) < 4.78 is 18.2. The van der Waals surface area contributed by atoms with Crippen LogP contribution in [-0.4, -0.2) is 36.8 Å². The van der Waals surface area contributed by atoms with Gasteiger partial charge in [0, 0.05) is 34.7 Å². The highest BCUT2D eigenvalue weighted by Crippen LogP contribution is 2.44. The lowest BCUT2D eigenvalue weighted by molar-refractivity contribution is -0.116. The molecule has 0 saturated heterocycles. The van der Waals surface area contributed by atoms with Crippen LogP contribution in [0.4, 0.5) is 5.82 Å². The smallest absolute Gasteiger partial charge is 0.226 e. The molecule has 0 bridgehead atoms. The van der Waals surface area contributed by atoms with E-state index < -0.39 is 0 Å². The Morgan fingerprint density at radius 1 is 1.03 bits per heavy atom. The number of hydrogen-bond acceptors (Lipinski definition) is 5. The molecule has 0 unspecified atom stereocenters. The van der Waals surface area contributed by atoms with E-state index in [1.165, 1.54) is 0 Å². The summed E-state index contributed by atoms with van der Waals surface area (Å²) in [6.45, 7) is 0. The molecule has 1 aliphatic rings.